The van der Waals surface area contributed by atoms with E-state index < -0.39 is 12.0 Å². The van der Waals surface area contributed by atoms with Crippen molar-refractivity contribution in [2.75, 3.05) is 6.61 Å². The number of rotatable bonds is 6. The molecule has 1 amide bonds. The highest BCUT2D eigenvalue weighted by molar-refractivity contribution is 5.93. The molecule has 0 fully saturated rings. The van der Waals surface area contributed by atoms with E-state index in [-0.39, 0.29) is 6.61 Å². The van der Waals surface area contributed by atoms with Crippen LogP contribution in [0.15, 0.2) is 36.8 Å². The summed E-state index contributed by atoms with van der Waals surface area (Å²) in [5, 5.41) is 9.22. The first-order chi connectivity index (χ1) is 12.0. The van der Waals surface area contributed by atoms with Gasteiger partial charge in [0.1, 0.15) is 12.1 Å². The number of primary amides is 1. The Hall–Kier alpha value is -3.26. The van der Waals surface area contributed by atoms with Crippen molar-refractivity contribution in [3.63, 3.8) is 0 Å². The SMILES string of the molecule is C[C@@H](O)COc1ccc(-c2cnc3[nH]cc(/C=C/C(N)=O)c3n2)cn1. The molecule has 3 rings (SSSR count). The lowest BCUT2D eigenvalue weighted by molar-refractivity contribution is -0.113. The zero-order valence-corrected chi connectivity index (χ0v) is 13.5. The number of aliphatic hydroxyl groups excluding tert-OH is 1. The Bertz CT molecular complexity index is 916. The number of ether oxygens (including phenoxy) is 1. The molecular formula is C17H17N5O3. The largest absolute Gasteiger partial charge is 0.475 e. The third-order valence-electron chi connectivity index (χ3n) is 3.34. The van der Waals surface area contributed by atoms with E-state index in [1.165, 1.54) is 6.08 Å². The van der Waals surface area contributed by atoms with E-state index in [0.717, 1.165) is 5.56 Å². The molecule has 8 heteroatoms. The lowest BCUT2D eigenvalue weighted by Gasteiger charge is -2.07. The summed E-state index contributed by atoms with van der Waals surface area (Å²) in [5.41, 5.74) is 8.48. The van der Waals surface area contributed by atoms with Crippen LogP contribution in [0.5, 0.6) is 5.88 Å². The minimum atomic E-state index is -0.560. The molecule has 3 heterocycles. The second-order valence-electron chi connectivity index (χ2n) is 5.48. The molecule has 0 bridgehead atoms. The molecule has 1 atom stereocenters. The van der Waals surface area contributed by atoms with E-state index in [1.807, 2.05) is 6.07 Å². The van der Waals surface area contributed by atoms with Gasteiger partial charge in [-0.05, 0) is 19.1 Å². The van der Waals surface area contributed by atoms with Crippen LogP contribution in [-0.2, 0) is 4.79 Å². The van der Waals surface area contributed by atoms with Crippen LogP contribution in [0.2, 0.25) is 0 Å². The normalized spacial score (nSPS) is 12.6. The molecule has 0 saturated carbocycles. The predicted molar refractivity (Wildman–Crippen MR) is 92.5 cm³/mol. The maximum Gasteiger partial charge on any atom is 0.241 e. The van der Waals surface area contributed by atoms with Gasteiger partial charge in [-0.3, -0.25) is 4.79 Å². The molecule has 128 valence electrons. The number of nitrogens with zero attached hydrogens (tertiary/aromatic N) is 3. The Morgan fingerprint density at radius 3 is 2.92 bits per heavy atom. The second kappa shape index (κ2) is 7.10. The summed E-state index contributed by atoms with van der Waals surface area (Å²) >= 11 is 0. The molecule has 3 aromatic rings. The van der Waals surface area contributed by atoms with Gasteiger partial charge in [-0.15, -0.1) is 0 Å². The number of aliphatic hydroxyl groups is 1. The van der Waals surface area contributed by atoms with Crippen LogP contribution in [0.3, 0.4) is 0 Å². The van der Waals surface area contributed by atoms with Crippen LogP contribution in [0.25, 0.3) is 28.5 Å². The standard InChI is InChI=1S/C17H17N5O3/c1-10(23)9-25-15-5-3-11(6-19-15)13-8-21-17-16(22-13)12(7-20-17)2-4-14(18)24/h2-8,10,23H,9H2,1H3,(H2,18,24)(H,20,21)/b4-2+/t10-/m1/s1. The number of carbonyl (C=O) groups excluding carboxylic acids is 1. The second-order valence-corrected chi connectivity index (χ2v) is 5.48. The highest BCUT2D eigenvalue weighted by Gasteiger charge is 2.08. The first-order valence-electron chi connectivity index (χ1n) is 7.62. The van der Waals surface area contributed by atoms with Crippen LogP contribution in [0.4, 0.5) is 0 Å². The molecular weight excluding hydrogens is 322 g/mol. The van der Waals surface area contributed by atoms with Gasteiger partial charge in [-0.1, -0.05) is 0 Å². The van der Waals surface area contributed by atoms with Gasteiger partial charge in [0.2, 0.25) is 11.8 Å². The van der Waals surface area contributed by atoms with Gasteiger partial charge in [0.25, 0.3) is 0 Å². The van der Waals surface area contributed by atoms with Crippen molar-refractivity contribution in [2.24, 2.45) is 5.73 Å². The number of amides is 1. The minimum Gasteiger partial charge on any atom is -0.475 e. The van der Waals surface area contributed by atoms with Gasteiger partial charge in [0, 0.05) is 35.7 Å². The predicted octanol–water partition coefficient (Wildman–Crippen LogP) is 1.28. The van der Waals surface area contributed by atoms with E-state index >= 15 is 0 Å². The zero-order valence-electron chi connectivity index (χ0n) is 13.5. The van der Waals surface area contributed by atoms with Crippen LogP contribution in [0, 0.1) is 0 Å². The van der Waals surface area contributed by atoms with Crippen LogP contribution in [0.1, 0.15) is 12.5 Å². The zero-order chi connectivity index (χ0) is 17.8. The maximum absolute atomic E-state index is 10.9. The van der Waals surface area contributed by atoms with E-state index in [4.69, 9.17) is 10.5 Å². The molecule has 8 nitrogen and oxygen atoms in total. The van der Waals surface area contributed by atoms with E-state index in [2.05, 4.69) is 19.9 Å². The number of pyridine rings is 1. The average Bonchev–Trinajstić information content (AvgIpc) is 3.01. The first-order valence-corrected chi connectivity index (χ1v) is 7.62. The Morgan fingerprint density at radius 1 is 1.40 bits per heavy atom. The fourth-order valence-electron chi connectivity index (χ4n) is 2.17. The molecule has 0 spiro atoms. The van der Waals surface area contributed by atoms with E-state index in [1.54, 1.807) is 37.7 Å². The van der Waals surface area contributed by atoms with Gasteiger partial charge >= 0.3 is 0 Å². The molecule has 0 aliphatic rings. The quantitative estimate of drug-likeness (QED) is 0.581. The van der Waals surface area contributed by atoms with Crippen LogP contribution >= 0.6 is 0 Å². The summed E-state index contributed by atoms with van der Waals surface area (Å²) in [5.74, 6) is -0.110. The van der Waals surface area contributed by atoms with Gasteiger partial charge in [0.15, 0.2) is 5.65 Å². The first kappa shape index (κ1) is 16.6. The highest BCUT2D eigenvalue weighted by atomic mass is 16.5. The molecule has 25 heavy (non-hydrogen) atoms. The Kier molecular flexibility index (Phi) is 4.71. The third kappa shape index (κ3) is 3.99. The number of hydrogen-bond donors (Lipinski definition) is 3. The molecule has 0 aliphatic carbocycles. The number of carbonyl (C=O) groups is 1. The molecule has 3 aromatic heterocycles. The minimum absolute atomic E-state index is 0.178. The Morgan fingerprint density at radius 2 is 2.24 bits per heavy atom. The van der Waals surface area contributed by atoms with Crippen molar-refractivity contribution in [3.8, 4) is 17.1 Å². The van der Waals surface area contributed by atoms with Gasteiger partial charge < -0.3 is 20.6 Å². The number of H-pyrrole nitrogens is 1. The number of fused-ring (bicyclic) bond motifs is 1. The monoisotopic (exact) mass is 339 g/mol. The fraction of sp³-hybridized carbons (Fsp3) is 0.176. The highest BCUT2D eigenvalue weighted by Crippen LogP contribution is 2.22. The van der Waals surface area contributed by atoms with Crippen molar-refractivity contribution < 1.29 is 14.6 Å². The number of nitrogens with one attached hydrogen (secondary N) is 1. The smallest absolute Gasteiger partial charge is 0.241 e. The molecule has 0 saturated heterocycles. The number of aromatic amines is 1. The number of hydrogen-bond acceptors (Lipinski definition) is 6. The summed E-state index contributed by atoms with van der Waals surface area (Å²) in [7, 11) is 0. The van der Waals surface area contributed by atoms with Gasteiger partial charge in [-0.25, -0.2) is 15.0 Å². The van der Waals surface area contributed by atoms with Crippen molar-refractivity contribution >= 4 is 23.1 Å². The van der Waals surface area contributed by atoms with Crippen LogP contribution in [-0.4, -0.2) is 43.7 Å². The molecule has 0 radical (unpaired) electrons. The number of aromatic nitrogens is 4. The third-order valence-corrected chi connectivity index (χ3v) is 3.34. The Labute approximate surface area is 143 Å². The van der Waals surface area contributed by atoms with Crippen molar-refractivity contribution in [1.29, 1.82) is 0 Å². The van der Waals surface area contributed by atoms with Gasteiger partial charge in [-0.2, -0.15) is 0 Å². The lowest BCUT2D eigenvalue weighted by atomic mass is 10.2. The van der Waals surface area contributed by atoms with Crippen molar-refractivity contribution in [1.82, 2.24) is 19.9 Å². The maximum atomic E-state index is 10.9. The van der Waals surface area contributed by atoms with Crippen LogP contribution < -0.4 is 10.5 Å². The number of nitrogens with two attached hydrogens (primary N) is 1. The average molecular weight is 339 g/mol. The lowest BCUT2D eigenvalue weighted by Crippen LogP contribution is -2.13. The summed E-state index contributed by atoms with van der Waals surface area (Å²) in [4.78, 5) is 27.0. The topological polar surface area (TPSA) is 127 Å². The Balaban J connectivity index is 1.88. The van der Waals surface area contributed by atoms with Gasteiger partial charge in [0.05, 0.1) is 18.0 Å². The summed E-state index contributed by atoms with van der Waals surface area (Å²) in [6.07, 6.45) is 7.26. The fourth-order valence-corrected chi connectivity index (χ4v) is 2.17. The summed E-state index contributed by atoms with van der Waals surface area (Å²) in [6.45, 7) is 1.82. The molecule has 0 unspecified atom stereocenters. The summed E-state index contributed by atoms with van der Waals surface area (Å²) < 4.78 is 5.33. The van der Waals surface area contributed by atoms with E-state index in [0.29, 0.717) is 28.3 Å². The van der Waals surface area contributed by atoms with E-state index in [9.17, 15) is 9.90 Å². The molecule has 0 aromatic carbocycles. The molecule has 4 N–H and O–H groups in total. The van der Waals surface area contributed by atoms with Crippen molar-refractivity contribution in [2.45, 2.75) is 13.0 Å². The summed E-state index contributed by atoms with van der Waals surface area (Å²) in [6, 6.07) is 3.51. The van der Waals surface area contributed by atoms with Crippen molar-refractivity contribution in [3.05, 3.63) is 42.4 Å². The molecule has 0 aliphatic heterocycles.